The van der Waals surface area contributed by atoms with Crippen molar-refractivity contribution in [3.63, 3.8) is 0 Å². The molecule has 0 aliphatic rings. The molecule has 0 aliphatic heterocycles. The Labute approximate surface area is 133 Å². The Balaban J connectivity index is 4.10. The topological polar surface area (TPSA) is 84.0 Å². The van der Waals surface area contributed by atoms with Gasteiger partial charge in [0.15, 0.2) is 0 Å². The number of nitrogens with two attached hydrogens (primary N) is 1. The summed E-state index contributed by atoms with van der Waals surface area (Å²) in [5.41, 5.74) is 1.23. The Hall–Kier alpha value is -0.610. The predicted octanol–water partition coefficient (Wildman–Crippen LogP) is 3.87. The van der Waals surface area contributed by atoms with E-state index in [4.69, 9.17) is 16.7 Å². The number of rotatable bonds is 3. The highest BCUT2D eigenvalue weighted by Crippen LogP contribution is 2.43. The first-order valence-electron chi connectivity index (χ1n) is 6.01. The number of hydrogen-bond acceptors (Lipinski definition) is 3. The number of halogens is 2. The average Bonchev–Trinajstić information content (AvgIpc) is 2.27. The molecule has 1 aromatic carbocycles. The zero-order chi connectivity index (χ0) is 15.8. The van der Waals surface area contributed by atoms with Crippen molar-refractivity contribution in [2.45, 2.75) is 44.4 Å². The average molecular weight is 380 g/mol. The number of nitrogens with zero attached hydrogens (tertiary/aromatic N) is 1. The van der Waals surface area contributed by atoms with Gasteiger partial charge in [-0.05, 0) is 38.9 Å². The molecule has 0 spiro atoms. The minimum Gasteiger partial charge on any atom is -0.225 e. The lowest BCUT2D eigenvalue weighted by atomic mass is 9.92. The van der Waals surface area contributed by atoms with Crippen LogP contribution in [0.5, 0.6) is 0 Å². The first-order chi connectivity index (χ1) is 9.03. The lowest BCUT2D eigenvalue weighted by Crippen LogP contribution is -2.18. The molecule has 0 unspecified atom stereocenters. The van der Waals surface area contributed by atoms with Crippen LogP contribution in [-0.2, 0) is 10.0 Å². The van der Waals surface area contributed by atoms with Gasteiger partial charge in [-0.15, -0.1) is 0 Å². The standard InChI is InChI=1S/C13H16BrClN2O2S/c1-6(2)9-8(5-16)12(15)10(7(3)4)13(11(9)14)20(17,18)19/h6-7H,1-4H3,(H2,17,18,19). The van der Waals surface area contributed by atoms with Crippen LogP contribution in [-0.4, -0.2) is 8.42 Å². The summed E-state index contributed by atoms with van der Waals surface area (Å²) in [5, 5.41) is 14.8. The lowest BCUT2D eigenvalue weighted by Gasteiger charge is -2.21. The molecule has 20 heavy (non-hydrogen) atoms. The van der Waals surface area contributed by atoms with Crippen molar-refractivity contribution in [3.8, 4) is 6.07 Å². The van der Waals surface area contributed by atoms with Gasteiger partial charge in [-0.3, -0.25) is 0 Å². The molecule has 0 amide bonds. The third-order valence-corrected chi connectivity index (χ3v) is 5.43. The molecule has 1 rings (SSSR count). The number of nitriles is 1. The van der Waals surface area contributed by atoms with E-state index in [0.29, 0.717) is 21.2 Å². The second kappa shape index (κ2) is 6.02. The molecule has 4 nitrogen and oxygen atoms in total. The monoisotopic (exact) mass is 378 g/mol. The maximum absolute atomic E-state index is 11.9. The fourth-order valence-corrected chi connectivity index (χ4v) is 5.21. The summed E-state index contributed by atoms with van der Waals surface area (Å²) in [4.78, 5) is -0.0276. The van der Waals surface area contributed by atoms with Crippen molar-refractivity contribution in [3.05, 3.63) is 26.2 Å². The zero-order valence-corrected chi connectivity index (χ0v) is 14.8. The Bertz CT molecular complexity index is 692. The predicted molar refractivity (Wildman–Crippen MR) is 83.4 cm³/mol. The van der Waals surface area contributed by atoms with Crippen molar-refractivity contribution >= 4 is 37.6 Å². The molecule has 2 N–H and O–H groups in total. The van der Waals surface area contributed by atoms with Gasteiger partial charge in [0.05, 0.1) is 10.6 Å². The van der Waals surface area contributed by atoms with E-state index in [1.165, 1.54) is 0 Å². The van der Waals surface area contributed by atoms with E-state index >= 15 is 0 Å². The molecule has 1 aromatic rings. The number of primary sulfonamides is 1. The summed E-state index contributed by atoms with van der Waals surface area (Å²) in [6.07, 6.45) is 0. The van der Waals surface area contributed by atoms with E-state index in [0.717, 1.165) is 0 Å². The van der Waals surface area contributed by atoms with Crippen LogP contribution in [0.15, 0.2) is 9.37 Å². The van der Waals surface area contributed by atoms with Crippen LogP contribution in [0.4, 0.5) is 0 Å². The highest BCUT2D eigenvalue weighted by Gasteiger charge is 2.29. The maximum atomic E-state index is 11.9. The Morgan fingerprint density at radius 3 is 1.95 bits per heavy atom. The van der Waals surface area contributed by atoms with Gasteiger partial charge in [0.25, 0.3) is 0 Å². The van der Waals surface area contributed by atoms with Crippen LogP contribution in [0.25, 0.3) is 0 Å². The van der Waals surface area contributed by atoms with Gasteiger partial charge >= 0.3 is 0 Å². The van der Waals surface area contributed by atoms with Crippen molar-refractivity contribution < 1.29 is 8.42 Å². The van der Waals surface area contributed by atoms with E-state index < -0.39 is 10.0 Å². The fraction of sp³-hybridized carbons (Fsp3) is 0.462. The van der Waals surface area contributed by atoms with Crippen LogP contribution < -0.4 is 5.14 Å². The molecule has 7 heteroatoms. The van der Waals surface area contributed by atoms with Crippen LogP contribution >= 0.6 is 27.5 Å². The number of benzene rings is 1. The molecular formula is C13H16BrClN2O2S. The third-order valence-electron chi connectivity index (χ3n) is 2.96. The molecule has 0 bridgehead atoms. The van der Waals surface area contributed by atoms with E-state index in [1.54, 1.807) is 13.8 Å². The molecule has 0 fully saturated rings. The third kappa shape index (κ3) is 3.01. The molecule has 0 atom stereocenters. The van der Waals surface area contributed by atoms with Gasteiger partial charge in [0.2, 0.25) is 10.0 Å². The summed E-state index contributed by atoms with van der Waals surface area (Å²) >= 11 is 9.57. The number of sulfonamides is 1. The summed E-state index contributed by atoms with van der Waals surface area (Å²) in [6.45, 7) is 7.33. The van der Waals surface area contributed by atoms with Crippen molar-refractivity contribution in [2.24, 2.45) is 5.14 Å². The van der Waals surface area contributed by atoms with Crippen LogP contribution in [0, 0.1) is 11.3 Å². The normalized spacial score (nSPS) is 12.0. The highest BCUT2D eigenvalue weighted by atomic mass is 79.9. The lowest BCUT2D eigenvalue weighted by molar-refractivity contribution is 0.594. The zero-order valence-electron chi connectivity index (χ0n) is 11.7. The van der Waals surface area contributed by atoms with Gasteiger partial charge < -0.3 is 0 Å². The number of hydrogen-bond donors (Lipinski definition) is 1. The SMILES string of the molecule is CC(C)c1c(Br)c(S(N)(=O)=O)c(C(C)C)c(Cl)c1C#N. The fourth-order valence-electron chi connectivity index (χ4n) is 2.15. The minimum atomic E-state index is -3.95. The Kier molecular flexibility index (Phi) is 5.25. The molecule has 0 saturated heterocycles. The van der Waals surface area contributed by atoms with Crippen LogP contribution in [0.2, 0.25) is 5.02 Å². The molecule has 0 aliphatic carbocycles. The van der Waals surface area contributed by atoms with E-state index in [2.05, 4.69) is 22.0 Å². The van der Waals surface area contributed by atoms with Crippen molar-refractivity contribution in [1.29, 1.82) is 5.26 Å². The molecule has 110 valence electrons. The summed E-state index contributed by atoms with van der Waals surface area (Å²) < 4.78 is 24.2. The van der Waals surface area contributed by atoms with E-state index in [9.17, 15) is 13.7 Å². The molecule has 0 radical (unpaired) electrons. The molecule has 0 heterocycles. The van der Waals surface area contributed by atoms with Gasteiger partial charge in [0.1, 0.15) is 11.0 Å². The van der Waals surface area contributed by atoms with Crippen molar-refractivity contribution in [1.82, 2.24) is 0 Å². The minimum absolute atomic E-state index is 0.0276. The smallest absolute Gasteiger partial charge is 0.225 e. The first-order valence-corrected chi connectivity index (χ1v) is 8.73. The molecular weight excluding hydrogens is 364 g/mol. The van der Waals surface area contributed by atoms with Crippen molar-refractivity contribution in [2.75, 3.05) is 0 Å². The van der Waals surface area contributed by atoms with Gasteiger partial charge in [-0.2, -0.15) is 5.26 Å². The summed E-state index contributed by atoms with van der Waals surface area (Å²) in [6, 6.07) is 2.06. The molecule has 0 aromatic heterocycles. The van der Waals surface area contributed by atoms with E-state index in [1.807, 2.05) is 13.8 Å². The Morgan fingerprint density at radius 1 is 1.20 bits per heavy atom. The van der Waals surface area contributed by atoms with Gasteiger partial charge in [0, 0.05) is 4.47 Å². The van der Waals surface area contributed by atoms with Gasteiger partial charge in [-0.25, -0.2) is 13.6 Å². The second-order valence-corrected chi connectivity index (χ2v) is 7.79. The largest absolute Gasteiger partial charge is 0.239 e. The first kappa shape index (κ1) is 17.4. The van der Waals surface area contributed by atoms with Crippen LogP contribution in [0.3, 0.4) is 0 Å². The maximum Gasteiger partial charge on any atom is 0.239 e. The quantitative estimate of drug-likeness (QED) is 0.865. The van der Waals surface area contributed by atoms with E-state index in [-0.39, 0.29) is 21.8 Å². The van der Waals surface area contributed by atoms with Gasteiger partial charge in [-0.1, -0.05) is 39.3 Å². The molecule has 0 saturated carbocycles. The highest BCUT2D eigenvalue weighted by molar-refractivity contribution is 9.10. The summed E-state index contributed by atoms with van der Waals surface area (Å²) in [5.74, 6) is -0.251. The Morgan fingerprint density at radius 2 is 1.65 bits per heavy atom. The van der Waals surface area contributed by atoms with Crippen LogP contribution in [0.1, 0.15) is 56.2 Å². The summed E-state index contributed by atoms with van der Waals surface area (Å²) in [7, 11) is -3.95. The second-order valence-electron chi connectivity index (χ2n) is 5.13.